The summed E-state index contributed by atoms with van der Waals surface area (Å²) in [4.78, 5) is 16.4. The van der Waals surface area contributed by atoms with Crippen molar-refractivity contribution in [1.82, 2.24) is 15.5 Å². The van der Waals surface area contributed by atoms with Crippen molar-refractivity contribution in [2.24, 2.45) is 0 Å². The Morgan fingerprint density at radius 1 is 1.17 bits per heavy atom. The Morgan fingerprint density at radius 3 is 2.43 bits per heavy atom. The van der Waals surface area contributed by atoms with E-state index in [2.05, 4.69) is 15.5 Å². The van der Waals surface area contributed by atoms with Gasteiger partial charge in [0.2, 0.25) is 11.7 Å². The number of hydrogen-bond donors (Lipinski definition) is 1. The van der Waals surface area contributed by atoms with Gasteiger partial charge in [0.25, 0.3) is 0 Å². The predicted octanol–water partition coefficient (Wildman–Crippen LogP) is 5.63. The van der Waals surface area contributed by atoms with Gasteiger partial charge in [0.1, 0.15) is 5.75 Å². The summed E-state index contributed by atoms with van der Waals surface area (Å²) in [5.74, 6) is 0.296. The Balaban J connectivity index is 1.73. The number of aromatic nitrogens is 2. The SMILES string of the molecule is CCOC(=O)C(C)(C)Oc1ccc(C(Cc2nc(-c3ccc(C(F)(F)F)cc3)no2)NC)cc1Cl. The van der Waals surface area contributed by atoms with Crippen molar-refractivity contribution < 1.29 is 32.0 Å². The fourth-order valence-electron chi connectivity index (χ4n) is 3.26. The van der Waals surface area contributed by atoms with Crippen LogP contribution in [-0.2, 0) is 22.1 Å². The monoisotopic (exact) mass is 511 g/mol. The number of hydrogen-bond acceptors (Lipinski definition) is 7. The number of halogens is 4. The molecule has 35 heavy (non-hydrogen) atoms. The van der Waals surface area contributed by atoms with Gasteiger partial charge in [-0.3, -0.25) is 0 Å². The molecule has 0 aliphatic heterocycles. The number of nitrogens with zero attached hydrogens (tertiary/aromatic N) is 2. The molecule has 0 radical (unpaired) electrons. The van der Waals surface area contributed by atoms with Gasteiger partial charge in [0.05, 0.1) is 17.2 Å². The molecular weight excluding hydrogens is 487 g/mol. The van der Waals surface area contributed by atoms with Crippen molar-refractivity contribution in [1.29, 1.82) is 0 Å². The van der Waals surface area contributed by atoms with Crippen LogP contribution in [0.2, 0.25) is 5.02 Å². The van der Waals surface area contributed by atoms with Crippen LogP contribution in [0.4, 0.5) is 13.2 Å². The summed E-state index contributed by atoms with van der Waals surface area (Å²) in [6.45, 7) is 5.13. The maximum Gasteiger partial charge on any atom is 0.416 e. The molecule has 3 aromatic rings. The predicted molar refractivity (Wildman–Crippen MR) is 123 cm³/mol. The molecule has 0 saturated heterocycles. The smallest absolute Gasteiger partial charge is 0.416 e. The van der Waals surface area contributed by atoms with Crippen LogP contribution in [0, 0.1) is 0 Å². The van der Waals surface area contributed by atoms with Gasteiger partial charge in [-0.2, -0.15) is 18.2 Å². The molecule has 1 unspecified atom stereocenters. The van der Waals surface area contributed by atoms with Crippen molar-refractivity contribution in [2.75, 3.05) is 13.7 Å². The quantitative estimate of drug-likeness (QED) is 0.372. The highest BCUT2D eigenvalue weighted by molar-refractivity contribution is 6.32. The first-order valence-electron chi connectivity index (χ1n) is 10.8. The summed E-state index contributed by atoms with van der Waals surface area (Å²) in [7, 11) is 1.75. The van der Waals surface area contributed by atoms with E-state index in [0.29, 0.717) is 28.6 Å². The van der Waals surface area contributed by atoms with Crippen molar-refractivity contribution >= 4 is 17.6 Å². The second-order valence-electron chi connectivity index (χ2n) is 8.15. The molecule has 1 aromatic heterocycles. The zero-order valence-electron chi connectivity index (χ0n) is 19.6. The lowest BCUT2D eigenvalue weighted by Gasteiger charge is -2.25. The number of nitrogens with one attached hydrogen (secondary N) is 1. The number of benzene rings is 2. The lowest BCUT2D eigenvalue weighted by Crippen LogP contribution is -2.39. The average molecular weight is 512 g/mol. The van der Waals surface area contributed by atoms with Gasteiger partial charge >= 0.3 is 12.1 Å². The number of likely N-dealkylation sites (N-methyl/N-ethyl adjacent to an activating group) is 1. The molecule has 0 spiro atoms. The topological polar surface area (TPSA) is 86.5 Å². The standard InChI is InChI=1S/C24H25ClF3N3O4/c1-5-33-22(32)23(2,3)34-19-11-8-15(12-17(19)25)18(29-4)13-20-30-21(31-35-20)14-6-9-16(10-7-14)24(26,27)28/h6-12,18,29H,5,13H2,1-4H3. The molecule has 7 nitrogen and oxygen atoms in total. The summed E-state index contributed by atoms with van der Waals surface area (Å²) < 4.78 is 54.4. The molecule has 11 heteroatoms. The summed E-state index contributed by atoms with van der Waals surface area (Å²) in [5.41, 5.74) is -0.770. The van der Waals surface area contributed by atoms with Gasteiger partial charge in [-0.25, -0.2) is 4.79 Å². The molecule has 188 valence electrons. The van der Waals surface area contributed by atoms with Crippen molar-refractivity contribution in [3.63, 3.8) is 0 Å². The Labute approximate surface area is 205 Å². The van der Waals surface area contributed by atoms with E-state index in [4.69, 9.17) is 25.6 Å². The van der Waals surface area contributed by atoms with E-state index in [-0.39, 0.29) is 18.5 Å². The molecule has 0 bridgehead atoms. The lowest BCUT2D eigenvalue weighted by molar-refractivity contribution is -0.158. The van der Waals surface area contributed by atoms with Crippen molar-refractivity contribution in [3.8, 4) is 17.1 Å². The van der Waals surface area contributed by atoms with Crippen LogP contribution in [0.3, 0.4) is 0 Å². The van der Waals surface area contributed by atoms with E-state index >= 15 is 0 Å². The Morgan fingerprint density at radius 2 is 1.86 bits per heavy atom. The highest BCUT2D eigenvalue weighted by Gasteiger charge is 2.32. The van der Waals surface area contributed by atoms with E-state index < -0.39 is 23.3 Å². The minimum Gasteiger partial charge on any atom is -0.475 e. The number of alkyl halides is 3. The first-order chi connectivity index (χ1) is 16.4. The van der Waals surface area contributed by atoms with E-state index in [1.165, 1.54) is 12.1 Å². The largest absolute Gasteiger partial charge is 0.475 e. The number of carbonyl (C=O) groups excluding carboxylic acids is 1. The fourth-order valence-corrected chi connectivity index (χ4v) is 3.49. The summed E-state index contributed by atoms with van der Waals surface area (Å²) >= 11 is 6.41. The molecule has 1 N–H and O–H groups in total. The molecule has 1 atom stereocenters. The molecule has 0 fully saturated rings. The van der Waals surface area contributed by atoms with E-state index in [9.17, 15) is 18.0 Å². The molecule has 0 aliphatic rings. The van der Waals surface area contributed by atoms with Crippen LogP contribution < -0.4 is 10.1 Å². The zero-order chi connectivity index (χ0) is 25.8. The molecule has 1 heterocycles. The van der Waals surface area contributed by atoms with Crippen LogP contribution in [0.15, 0.2) is 47.0 Å². The third kappa shape index (κ3) is 6.52. The van der Waals surface area contributed by atoms with E-state index in [1.807, 2.05) is 0 Å². The fraction of sp³-hybridized carbons (Fsp3) is 0.375. The molecule has 0 saturated carbocycles. The maximum atomic E-state index is 12.8. The first kappa shape index (κ1) is 26.5. The average Bonchev–Trinajstić information content (AvgIpc) is 3.27. The van der Waals surface area contributed by atoms with Crippen LogP contribution in [0.25, 0.3) is 11.4 Å². The third-order valence-corrected chi connectivity index (χ3v) is 5.45. The van der Waals surface area contributed by atoms with Gasteiger partial charge in [-0.15, -0.1) is 0 Å². The second-order valence-corrected chi connectivity index (χ2v) is 8.56. The lowest BCUT2D eigenvalue weighted by atomic mass is 10.0. The molecule has 0 amide bonds. The Kier molecular flexibility index (Phi) is 8.07. The zero-order valence-corrected chi connectivity index (χ0v) is 20.3. The molecule has 2 aromatic carbocycles. The van der Waals surface area contributed by atoms with Crippen LogP contribution in [0.5, 0.6) is 5.75 Å². The Bertz CT molecular complexity index is 1160. The van der Waals surface area contributed by atoms with E-state index in [0.717, 1.165) is 17.7 Å². The number of esters is 1. The normalized spacial score (nSPS) is 12.9. The van der Waals surface area contributed by atoms with Gasteiger partial charge in [0, 0.05) is 18.0 Å². The van der Waals surface area contributed by atoms with Crippen LogP contribution in [-0.4, -0.2) is 35.4 Å². The third-order valence-electron chi connectivity index (χ3n) is 5.16. The number of rotatable bonds is 9. The summed E-state index contributed by atoms with van der Waals surface area (Å²) in [6.07, 6.45) is -4.12. The minimum absolute atomic E-state index is 0.187. The highest BCUT2D eigenvalue weighted by atomic mass is 35.5. The summed E-state index contributed by atoms with van der Waals surface area (Å²) in [5, 5.41) is 7.32. The minimum atomic E-state index is -4.42. The molecule has 3 rings (SSSR count). The number of ether oxygens (including phenoxy) is 2. The van der Waals surface area contributed by atoms with Gasteiger partial charge < -0.3 is 19.3 Å². The van der Waals surface area contributed by atoms with Crippen LogP contribution in [0.1, 0.15) is 43.8 Å². The van der Waals surface area contributed by atoms with Crippen molar-refractivity contribution in [3.05, 3.63) is 64.5 Å². The first-order valence-corrected chi connectivity index (χ1v) is 11.2. The maximum absolute atomic E-state index is 12.8. The van der Waals surface area contributed by atoms with Crippen LogP contribution >= 0.6 is 11.6 Å². The van der Waals surface area contributed by atoms with Gasteiger partial charge in [0.15, 0.2) is 5.60 Å². The number of carbonyl (C=O) groups is 1. The second kappa shape index (κ2) is 10.7. The highest BCUT2D eigenvalue weighted by Crippen LogP contribution is 2.33. The Hall–Kier alpha value is -3.11. The molecular formula is C24H25ClF3N3O4. The molecule has 0 aliphatic carbocycles. The van der Waals surface area contributed by atoms with Crippen molar-refractivity contribution in [2.45, 2.75) is 45.0 Å². The summed E-state index contributed by atoms with van der Waals surface area (Å²) in [6, 6.07) is 9.41. The van der Waals surface area contributed by atoms with Gasteiger partial charge in [-0.05, 0) is 57.6 Å². The van der Waals surface area contributed by atoms with Gasteiger partial charge in [-0.1, -0.05) is 35.0 Å². The van der Waals surface area contributed by atoms with E-state index in [1.54, 1.807) is 46.0 Å².